The molecule has 0 unspecified atom stereocenters. The lowest BCUT2D eigenvalue weighted by Gasteiger charge is -2.27. The Morgan fingerprint density at radius 1 is 1.17 bits per heavy atom. The first-order valence-electron chi connectivity index (χ1n) is 10.1. The van der Waals surface area contributed by atoms with Crippen LogP contribution in [0.4, 0.5) is 10.6 Å². The van der Waals surface area contributed by atoms with Gasteiger partial charge in [-0.2, -0.15) is 0 Å². The number of pyridine rings is 1. The van der Waals surface area contributed by atoms with Crippen LogP contribution in [0.5, 0.6) is 0 Å². The van der Waals surface area contributed by atoms with Crippen LogP contribution >= 0.6 is 0 Å². The van der Waals surface area contributed by atoms with Gasteiger partial charge in [0.2, 0.25) is 0 Å². The summed E-state index contributed by atoms with van der Waals surface area (Å²) in [6.07, 6.45) is 3.22. The molecule has 29 heavy (non-hydrogen) atoms. The number of rotatable bonds is 4. The zero-order valence-corrected chi connectivity index (χ0v) is 17.6. The van der Waals surface area contributed by atoms with E-state index >= 15 is 0 Å². The van der Waals surface area contributed by atoms with Crippen molar-refractivity contribution in [2.45, 2.75) is 52.2 Å². The van der Waals surface area contributed by atoms with Gasteiger partial charge in [0.25, 0.3) is 5.91 Å². The molecule has 1 aromatic carbocycles. The first kappa shape index (κ1) is 20.8. The van der Waals surface area contributed by atoms with E-state index in [4.69, 9.17) is 4.74 Å². The number of anilines is 1. The van der Waals surface area contributed by atoms with Gasteiger partial charge in [-0.1, -0.05) is 24.3 Å². The Kier molecular flexibility index (Phi) is 6.20. The monoisotopic (exact) mass is 395 g/mol. The summed E-state index contributed by atoms with van der Waals surface area (Å²) in [7, 11) is 0. The van der Waals surface area contributed by atoms with Crippen LogP contribution in [0.1, 0.15) is 62.5 Å². The molecule has 3 rings (SSSR count). The minimum absolute atomic E-state index is 0.000796. The Morgan fingerprint density at radius 2 is 1.90 bits per heavy atom. The van der Waals surface area contributed by atoms with E-state index in [0.29, 0.717) is 17.9 Å². The number of benzene rings is 1. The molecule has 2 heterocycles. The number of hydrogen-bond acceptors (Lipinski definition) is 4. The smallest absolute Gasteiger partial charge is 0.415 e. The molecule has 0 bridgehead atoms. The summed E-state index contributed by atoms with van der Waals surface area (Å²) in [6.45, 7) is 8.61. The number of carbonyl (C=O) groups is 2. The SMILES string of the molecule is CCN(C(=O)OC(C)(C)C)c1ccc([C@@H]2CCCN2C(=O)c2ccccc2)cn1. The molecule has 2 amide bonds. The lowest BCUT2D eigenvalue weighted by molar-refractivity contribution is 0.0581. The number of aromatic nitrogens is 1. The van der Waals surface area contributed by atoms with Crippen LogP contribution in [0.3, 0.4) is 0 Å². The molecule has 1 fully saturated rings. The summed E-state index contributed by atoms with van der Waals surface area (Å²) in [5.74, 6) is 0.588. The van der Waals surface area contributed by atoms with Crippen molar-refractivity contribution in [1.29, 1.82) is 0 Å². The van der Waals surface area contributed by atoms with Gasteiger partial charge in [-0.05, 0) is 64.3 Å². The fourth-order valence-corrected chi connectivity index (χ4v) is 3.56. The number of nitrogens with zero attached hydrogens (tertiary/aromatic N) is 3. The second kappa shape index (κ2) is 8.64. The Bertz CT molecular complexity index is 844. The van der Waals surface area contributed by atoms with Crippen LogP contribution in [0.15, 0.2) is 48.7 Å². The van der Waals surface area contributed by atoms with Crippen LogP contribution in [0.2, 0.25) is 0 Å². The predicted molar refractivity (Wildman–Crippen MR) is 113 cm³/mol. The number of ether oxygens (including phenoxy) is 1. The van der Waals surface area contributed by atoms with Crippen LogP contribution in [-0.2, 0) is 4.74 Å². The van der Waals surface area contributed by atoms with Gasteiger partial charge in [-0.25, -0.2) is 9.78 Å². The highest BCUT2D eigenvalue weighted by molar-refractivity contribution is 5.94. The molecule has 1 aliphatic rings. The molecular formula is C23H29N3O3. The minimum Gasteiger partial charge on any atom is -0.443 e. The molecule has 0 saturated carbocycles. The standard InChI is InChI=1S/C23H29N3O3/c1-5-25(22(28)29-23(2,3)4)20-14-13-18(16-24-20)19-12-9-15-26(19)21(27)17-10-7-6-8-11-17/h6-8,10-11,13-14,16,19H,5,9,12,15H2,1-4H3/t19-/m0/s1. The summed E-state index contributed by atoms with van der Waals surface area (Å²) >= 11 is 0. The molecule has 0 spiro atoms. The van der Waals surface area contributed by atoms with E-state index in [1.807, 2.05) is 75.1 Å². The maximum Gasteiger partial charge on any atom is 0.415 e. The molecule has 1 aliphatic heterocycles. The van der Waals surface area contributed by atoms with Crippen LogP contribution < -0.4 is 4.90 Å². The molecule has 1 saturated heterocycles. The lowest BCUT2D eigenvalue weighted by atomic mass is 10.1. The summed E-state index contributed by atoms with van der Waals surface area (Å²) in [5, 5.41) is 0. The number of hydrogen-bond donors (Lipinski definition) is 0. The van der Waals surface area contributed by atoms with Crippen molar-refractivity contribution in [3.63, 3.8) is 0 Å². The zero-order valence-electron chi connectivity index (χ0n) is 17.6. The third-order valence-corrected chi connectivity index (χ3v) is 4.90. The molecule has 154 valence electrons. The van der Waals surface area contributed by atoms with Gasteiger partial charge in [-0.15, -0.1) is 0 Å². The average Bonchev–Trinajstić information content (AvgIpc) is 3.17. The third-order valence-electron chi connectivity index (χ3n) is 4.90. The first-order chi connectivity index (χ1) is 13.8. The minimum atomic E-state index is -0.563. The van der Waals surface area contributed by atoms with Gasteiger partial charge in [0.1, 0.15) is 11.4 Å². The fraction of sp³-hybridized carbons (Fsp3) is 0.435. The van der Waals surface area contributed by atoms with Crippen molar-refractivity contribution in [1.82, 2.24) is 9.88 Å². The van der Waals surface area contributed by atoms with Gasteiger partial charge < -0.3 is 9.64 Å². The fourth-order valence-electron chi connectivity index (χ4n) is 3.56. The maximum absolute atomic E-state index is 12.9. The molecule has 6 nitrogen and oxygen atoms in total. The largest absolute Gasteiger partial charge is 0.443 e. The molecule has 1 aromatic heterocycles. The molecule has 2 aromatic rings. The molecule has 0 aliphatic carbocycles. The summed E-state index contributed by atoms with van der Waals surface area (Å²) in [4.78, 5) is 33.3. The zero-order chi connectivity index (χ0) is 21.0. The number of likely N-dealkylation sites (tertiary alicyclic amines) is 1. The number of amides is 2. The third kappa shape index (κ3) is 4.94. The van der Waals surface area contributed by atoms with E-state index < -0.39 is 11.7 Å². The normalized spacial score (nSPS) is 16.6. The van der Waals surface area contributed by atoms with Gasteiger partial charge in [0, 0.05) is 24.8 Å². The second-order valence-corrected chi connectivity index (χ2v) is 8.20. The molecule has 0 radical (unpaired) electrons. The van der Waals surface area contributed by atoms with Crippen LogP contribution in [0.25, 0.3) is 0 Å². The van der Waals surface area contributed by atoms with E-state index in [2.05, 4.69) is 4.98 Å². The number of carbonyl (C=O) groups excluding carboxylic acids is 2. The highest BCUT2D eigenvalue weighted by Gasteiger charge is 2.31. The predicted octanol–water partition coefficient (Wildman–Crippen LogP) is 4.82. The Hall–Kier alpha value is -2.89. The summed E-state index contributed by atoms with van der Waals surface area (Å²) in [5.41, 5.74) is 1.12. The van der Waals surface area contributed by atoms with Gasteiger partial charge in [-0.3, -0.25) is 9.69 Å². The van der Waals surface area contributed by atoms with E-state index in [1.165, 1.54) is 4.90 Å². The second-order valence-electron chi connectivity index (χ2n) is 8.20. The molecular weight excluding hydrogens is 366 g/mol. The Morgan fingerprint density at radius 3 is 2.48 bits per heavy atom. The summed E-state index contributed by atoms with van der Waals surface area (Å²) < 4.78 is 5.47. The van der Waals surface area contributed by atoms with Crippen molar-refractivity contribution < 1.29 is 14.3 Å². The van der Waals surface area contributed by atoms with Crippen LogP contribution in [-0.4, -0.2) is 40.6 Å². The molecule has 1 atom stereocenters. The Labute approximate surface area is 172 Å². The first-order valence-corrected chi connectivity index (χ1v) is 10.1. The Balaban J connectivity index is 1.76. The highest BCUT2D eigenvalue weighted by atomic mass is 16.6. The van der Waals surface area contributed by atoms with Crippen LogP contribution in [0, 0.1) is 0 Å². The summed E-state index contributed by atoms with van der Waals surface area (Å²) in [6, 6.07) is 13.1. The molecule has 0 N–H and O–H groups in total. The van der Waals surface area contributed by atoms with Gasteiger partial charge in [0.05, 0.1) is 6.04 Å². The quantitative estimate of drug-likeness (QED) is 0.744. The highest BCUT2D eigenvalue weighted by Crippen LogP contribution is 2.33. The molecule has 6 heteroatoms. The van der Waals surface area contributed by atoms with Gasteiger partial charge in [0.15, 0.2) is 0 Å². The van der Waals surface area contributed by atoms with Gasteiger partial charge >= 0.3 is 6.09 Å². The van der Waals surface area contributed by atoms with E-state index in [1.54, 1.807) is 6.20 Å². The van der Waals surface area contributed by atoms with Crippen molar-refractivity contribution >= 4 is 17.8 Å². The lowest BCUT2D eigenvalue weighted by Crippen LogP contribution is -2.37. The van der Waals surface area contributed by atoms with Crippen molar-refractivity contribution in [3.8, 4) is 0 Å². The average molecular weight is 396 g/mol. The topological polar surface area (TPSA) is 62.7 Å². The van der Waals surface area contributed by atoms with Crippen molar-refractivity contribution in [3.05, 3.63) is 59.8 Å². The van der Waals surface area contributed by atoms with E-state index in [-0.39, 0.29) is 11.9 Å². The van der Waals surface area contributed by atoms with E-state index in [9.17, 15) is 9.59 Å². The van der Waals surface area contributed by atoms with Crippen molar-refractivity contribution in [2.75, 3.05) is 18.0 Å². The van der Waals surface area contributed by atoms with E-state index in [0.717, 1.165) is 24.9 Å². The maximum atomic E-state index is 12.9. The van der Waals surface area contributed by atoms with Crippen molar-refractivity contribution in [2.24, 2.45) is 0 Å².